The molecule has 0 bridgehead atoms. The van der Waals surface area contributed by atoms with E-state index in [9.17, 15) is 4.79 Å². The number of carbonyl (C=O) groups excluding carboxylic acids is 1. The molecule has 5 nitrogen and oxygen atoms in total. The van der Waals surface area contributed by atoms with E-state index in [-0.39, 0.29) is 6.03 Å². The van der Waals surface area contributed by atoms with E-state index >= 15 is 0 Å². The van der Waals surface area contributed by atoms with Crippen molar-refractivity contribution in [3.63, 3.8) is 0 Å². The van der Waals surface area contributed by atoms with Gasteiger partial charge in [0, 0.05) is 31.6 Å². The fourth-order valence-electron chi connectivity index (χ4n) is 2.03. The molecular formula is C18H23N3O2. The summed E-state index contributed by atoms with van der Waals surface area (Å²) in [6.07, 6.45) is 0. The molecule has 3 N–H and O–H groups in total. The van der Waals surface area contributed by atoms with Gasteiger partial charge in [0.25, 0.3) is 0 Å². The normalized spacial score (nSPS) is 10.2. The summed E-state index contributed by atoms with van der Waals surface area (Å²) < 4.78 is 4.99. The van der Waals surface area contributed by atoms with Crippen molar-refractivity contribution in [1.29, 1.82) is 0 Å². The van der Waals surface area contributed by atoms with Crippen LogP contribution in [0.15, 0.2) is 48.5 Å². The van der Waals surface area contributed by atoms with Crippen molar-refractivity contribution in [2.24, 2.45) is 0 Å². The first kappa shape index (κ1) is 16.8. The highest BCUT2D eigenvalue weighted by atomic mass is 16.5. The van der Waals surface area contributed by atoms with E-state index in [4.69, 9.17) is 4.74 Å². The molecule has 2 aromatic rings. The van der Waals surface area contributed by atoms with Crippen LogP contribution < -0.4 is 16.0 Å². The highest BCUT2D eigenvalue weighted by molar-refractivity contribution is 5.89. The van der Waals surface area contributed by atoms with Crippen LogP contribution in [0, 0.1) is 6.92 Å². The van der Waals surface area contributed by atoms with Gasteiger partial charge in [-0.15, -0.1) is 0 Å². The smallest absolute Gasteiger partial charge is 0.319 e. The number of hydrogen-bond donors (Lipinski definition) is 3. The third kappa shape index (κ3) is 6.00. The highest BCUT2D eigenvalue weighted by Crippen LogP contribution is 2.10. The molecule has 0 unspecified atom stereocenters. The Morgan fingerprint density at radius 1 is 1.00 bits per heavy atom. The van der Waals surface area contributed by atoms with Crippen molar-refractivity contribution in [2.75, 3.05) is 30.9 Å². The molecule has 2 aromatic carbocycles. The minimum atomic E-state index is -0.212. The second-order valence-corrected chi connectivity index (χ2v) is 5.29. The molecule has 2 rings (SSSR count). The van der Waals surface area contributed by atoms with E-state index in [1.54, 1.807) is 7.11 Å². The summed E-state index contributed by atoms with van der Waals surface area (Å²) >= 11 is 0. The lowest BCUT2D eigenvalue weighted by Crippen LogP contribution is -2.28. The quantitative estimate of drug-likeness (QED) is 0.687. The molecule has 0 aromatic heterocycles. The summed E-state index contributed by atoms with van der Waals surface area (Å²) in [6.45, 7) is 3.93. The van der Waals surface area contributed by atoms with Gasteiger partial charge in [0.2, 0.25) is 0 Å². The molecule has 0 saturated carbocycles. The number of rotatable bonds is 7. The predicted octanol–water partition coefficient (Wildman–Crippen LogP) is 3.38. The van der Waals surface area contributed by atoms with E-state index in [2.05, 4.69) is 16.0 Å². The Hall–Kier alpha value is -2.53. The number of hydrogen-bond acceptors (Lipinski definition) is 3. The fraction of sp³-hybridized carbons (Fsp3) is 0.278. The van der Waals surface area contributed by atoms with Gasteiger partial charge in [0.15, 0.2) is 0 Å². The number of benzene rings is 2. The third-order valence-electron chi connectivity index (χ3n) is 3.35. The van der Waals surface area contributed by atoms with Crippen molar-refractivity contribution < 1.29 is 9.53 Å². The SMILES string of the molecule is COCCNc1ccc(CNC(=O)Nc2ccc(C)cc2)cc1. The van der Waals surface area contributed by atoms with E-state index in [1.807, 2.05) is 55.5 Å². The highest BCUT2D eigenvalue weighted by Gasteiger charge is 2.01. The average Bonchev–Trinajstić information content (AvgIpc) is 2.56. The van der Waals surface area contributed by atoms with Crippen LogP contribution in [0.5, 0.6) is 0 Å². The molecule has 0 spiro atoms. The maximum absolute atomic E-state index is 11.9. The van der Waals surface area contributed by atoms with E-state index < -0.39 is 0 Å². The second kappa shape index (κ2) is 8.80. The van der Waals surface area contributed by atoms with Gasteiger partial charge in [0.1, 0.15) is 0 Å². The van der Waals surface area contributed by atoms with Gasteiger partial charge in [-0.3, -0.25) is 0 Å². The van der Waals surface area contributed by atoms with Gasteiger partial charge < -0.3 is 20.7 Å². The largest absolute Gasteiger partial charge is 0.383 e. The van der Waals surface area contributed by atoms with Crippen LogP contribution in [0.3, 0.4) is 0 Å². The molecule has 122 valence electrons. The standard InChI is InChI=1S/C18H23N3O2/c1-14-3-7-17(8-4-14)21-18(22)20-13-15-5-9-16(10-6-15)19-11-12-23-2/h3-10,19H,11-13H2,1-2H3,(H2,20,21,22). The van der Waals surface area contributed by atoms with Gasteiger partial charge in [-0.1, -0.05) is 29.8 Å². The number of ether oxygens (including phenoxy) is 1. The summed E-state index contributed by atoms with van der Waals surface area (Å²) in [6, 6.07) is 15.4. The number of nitrogens with one attached hydrogen (secondary N) is 3. The molecular weight excluding hydrogens is 290 g/mol. The lowest BCUT2D eigenvalue weighted by molar-refractivity contribution is 0.211. The van der Waals surface area contributed by atoms with Crippen molar-refractivity contribution in [1.82, 2.24) is 5.32 Å². The molecule has 0 heterocycles. The molecule has 0 aliphatic heterocycles. The zero-order valence-corrected chi connectivity index (χ0v) is 13.6. The molecule has 0 atom stereocenters. The van der Waals surface area contributed by atoms with E-state index in [0.717, 1.165) is 29.0 Å². The Kier molecular flexibility index (Phi) is 6.44. The number of urea groups is 1. The molecule has 0 fully saturated rings. The molecule has 0 radical (unpaired) electrons. The molecule has 2 amide bonds. The summed E-state index contributed by atoms with van der Waals surface area (Å²) in [7, 11) is 1.68. The van der Waals surface area contributed by atoms with Crippen LogP contribution in [0.1, 0.15) is 11.1 Å². The van der Waals surface area contributed by atoms with E-state index in [0.29, 0.717) is 13.2 Å². The van der Waals surface area contributed by atoms with Crippen molar-refractivity contribution >= 4 is 17.4 Å². The molecule has 0 aliphatic carbocycles. The first-order valence-electron chi connectivity index (χ1n) is 7.60. The molecule has 0 aliphatic rings. The monoisotopic (exact) mass is 313 g/mol. The maximum Gasteiger partial charge on any atom is 0.319 e. The first-order valence-corrected chi connectivity index (χ1v) is 7.60. The van der Waals surface area contributed by atoms with Gasteiger partial charge >= 0.3 is 6.03 Å². The maximum atomic E-state index is 11.9. The van der Waals surface area contributed by atoms with Gasteiger partial charge in [-0.05, 0) is 36.8 Å². The number of anilines is 2. The van der Waals surface area contributed by atoms with Crippen LogP contribution in [0.2, 0.25) is 0 Å². The summed E-state index contributed by atoms with van der Waals surface area (Å²) in [4.78, 5) is 11.9. The van der Waals surface area contributed by atoms with E-state index in [1.165, 1.54) is 0 Å². The van der Waals surface area contributed by atoms with Crippen LogP contribution in [-0.2, 0) is 11.3 Å². The minimum Gasteiger partial charge on any atom is -0.383 e. The summed E-state index contributed by atoms with van der Waals surface area (Å²) in [5, 5.41) is 8.90. The Bertz CT molecular complexity index is 609. The van der Waals surface area contributed by atoms with Gasteiger partial charge in [-0.25, -0.2) is 4.79 Å². The van der Waals surface area contributed by atoms with Crippen molar-refractivity contribution in [3.8, 4) is 0 Å². The Labute approximate surface area is 137 Å². The Morgan fingerprint density at radius 2 is 1.65 bits per heavy atom. The molecule has 5 heteroatoms. The number of carbonyl (C=O) groups is 1. The number of methoxy groups -OCH3 is 1. The molecule has 23 heavy (non-hydrogen) atoms. The van der Waals surface area contributed by atoms with Crippen molar-refractivity contribution in [2.45, 2.75) is 13.5 Å². The molecule has 0 saturated heterocycles. The predicted molar refractivity (Wildman–Crippen MR) is 93.8 cm³/mol. The zero-order valence-electron chi connectivity index (χ0n) is 13.6. The Morgan fingerprint density at radius 3 is 2.30 bits per heavy atom. The van der Waals surface area contributed by atoms with Crippen LogP contribution in [0.4, 0.5) is 16.2 Å². The van der Waals surface area contributed by atoms with Crippen LogP contribution >= 0.6 is 0 Å². The number of amides is 2. The third-order valence-corrected chi connectivity index (χ3v) is 3.35. The lowest BCUT2D eigenvalue weighted by atomic mass is 10.2. The van der Waals surface area contributed by atoms with Gasteiger partial charge in [0.05, 0.1) is 6.61 Å². The summed E-state index contributed by atoms with van der Waals surface area (Å²) in [5.74, 6) is 0. The Balaban J connectivity index is 1.76. The topological polar surface area (TPSA) is 62.4 Å². The average molecular weight is 313 g/mol. The van der Waals surface area contributed by atoms with Crippen LogP contribution in [-0.4, -0.2) is 26.3 Å². The minimum absolute atomic E-state index is 0.212. The zero-order chi connectivity index (χ0) is 16.5. The fourth-order valence-corrected chi connectivity index (χ4v) is 2.03. The van der Waals surface area contributed by atoms with Crippen LogP contribution in [0.25, 0.3) is 0 Å². The second-order valence-electron chi connectivity index (χ2n) is 5.29. The summed E-state index contributed by atoms with van der Waals surface area (Å²) in [5.41, 5.74) is 4.03. The van der Waals surface area contributed by atoms with Crippen molar-refractivity contribution in [3.05, 3.63) is 59.7 Å². The number of aryl methyl sites for hydroxylation is 1. The van der Waals surface area contributed by atoms with Gasteiger partial charge in [-0.2, -0.15) is 0 Å². The first-order chi connectivity index (χ1) is 11.2. The lowest BCUT2D eigenvalue weighted by Gasteiger charge is -2.09.